The standard InChI is InChI=1S/C26H51N3O3/c1-4-7-20-29(21-8-5-2,22-9-6-3)23-16-12-13-17-24-32-26(31)28-19-15-11-10-14-18-27-25-30/h4-24H2,1-3H3/p+1. The Morgan fingerprint density at radius 1 is 0.750 bits per heavy atom. The molecule has 0 rings (SSSR count). The average Bonchev–Trinajstić information content (AvgIpc) is 2.80. The Kier molecular flexibility index (Phi) is 21.8. The fraction of sp³-hybridized carbons (Fsp3) is 0.923. The normalized spacial score (nSPS) is 11.2. The summed E-state index contributed by atoms with van der Waals surface area (Å²) in [4.78, 5) is 25.2. The van der Waals surface area contributed by atoms with Crippen molar-refractivity contribution in [3.05, 3.63) is 0 Å². The summed E-state index contributed by atoms with van der Waals surface area (Å²) in [5, 5.41) is 2.82. The van der Waals surface area contributed by atoms with Crippen molar-refractivity contribution in [1.82, 2.24) is 5.32 Å². The summed E-state index contributed by atoms with van der Waals surface area (Å²) >= 11 is 0. The lowest BCUT2D eigenvalue weighted by Crippen LogP contribution is -2.50. The van der Waals surface area contributed by atoms with Crippen LogP contribution in [0.5, 0.6) is 0 Å². The molecule has 0 aliphatic heterocycles. The van der Waals surface area contributed by atoms with Gasteiger partial charge in [0.25, 0.3) is 0 Å². The van der Waals surface area contributed by atoms with Crippen molar-refractivity contribution in [3.63, 3.8) is 0 Å². The van der Waals surface area contributed by atoms with Gasteiger partial charge >= 0.3 is 6.09 Å². The highest BCUT2D eigenvalue weighted by atomic mass is 16.5. The molecule has 0 radical (unpaired) electrons. The molecule has 0 fully saturated rings. The van der Waals surface area contributed by atoms with Gasteiger partial charge in [0, 0.05) is 6.54 Å². The van der Waals surface area contributed by atoms with Crippen LogP contribution in [0.2, 0.25) is 0 Å². The van der Waals surface area contributed by atoms with E-state index in [9.17, 15) is 9.59 Å². The van der Waals surface area contributed by atoms with E-state index in [2.05, 4.69) is 31.1 Å². The zero-order valence-electron chi connectivity index (χ0n) is 21.5. The number of ether oxygens (including phenoxy) is 1. The molecule has 32 heavy (non-hydrogen) atoms. The second kappa shape index (κ2) is 22.8. The van der Waals surface area contributed by atoms with Gasteiger partial charge in [-0.05, 0) is 57.8 Å². The highest BCUT2D eigenvalue weighted by Gasteiger charge is 2.25. The van der Waals surface area contributed by atoms with Crippen LogP contribution in [0.4, 0.5) is 4.79 Å². The number of isocyanates is 1. The van der Waals surface area contributed by atoms with Crippen LogP contribution in [0.25, 0.3) is 0 Å². The Bertz CT molecular complexity index is 457. The molecule has 0 unspecified atom stereocenters. The summed E-state index contributed by atoms with van der Waals surface area (Å²) in [6.07, 6.45) is 17.6. The molecular weight excluding hydrogens is 402 g/mol. The summed E-state index contributed by atoms with van der Waals surface area (Å²) in [7, 11) is 0. The minimum Gasteiger partial charge on any atom is -0.450 e. The molecule has 0 aromatic heterocycles. The average molecular weight is 455 g/mol. The van der Waals surface area contributed by atoms with Crippen LogP contribution in [0.15, 0.2) is 4.99 Å². The van der Waals surface area contributed by atoms with Crippen molar-refractivity contribution < 1.29 is 18.8 Å². The first-order valence-electron chi connectivity index (χ1n) is 13.4. The second-order valence-electron chi connectivity index (χ2n) is 9.16. The number of hydrogen-bond donors (Lipinski definition) is 1. The molecule has 0 aliphatic carbocycles. The highest BCUT2D eigenvalue weighted by molar-refractivity contribution is 5.66. The van der Waals surface area contributed by atoms with E-state index < -0.39 is 0 Å². The Hall–Kier alpha value is -1.39. The fourth-order valence-corrected chi connectivity index (χ4v) is 4.18. The molecule has 0 aromatic rings. The number of alkyl carbamates (subject to hydrolysis) is 1. The summed E-state index contributed by atoms with van der Waals surface area (Å²) in [5.74, 6) is 0. The van der Waals surface area contributed by atoms with Crippen LogP contribution in [0.3, 0.4) is 0 Å². The molecule has 188 valence electrons. The summed E-state index contributed by atoms with van der Waals surface area (Å²) < 4.78 is 6.61. The number of carbonyl (C=O) groups is 1. The van der Waals surface area contributed by atoms with Crippen molar-refractivity contribution in [2.45, 2.75) is 111 Å². The Balaban J connectivity index is 3.89. The lowest BCUT2D eigenvalue weighted by molar-refractivity contribution is -0.929. The molecule has 0 bridgehead atoms. The lowest BCUT2D eigenvalue weighted by atomic mass is 10.1. The largest absolute Gasteiger partial charge is 0.450 e. The van der Waals surface area contributed by atoms with Gasteiger partial charge in [0.05, 0.1) is 39.3 Å². The minimum atomic E-state index is -0.301. The fourth-order valence-electron chi connectivity index (χ4n) is 4.18. The van der Waals surface area contributed by atoms with Crippen molar-refractivity contribution in [2.75, 3.05) is 45.9 Å². The van der Waals surface area contributed by atoms with Crippen molar-refractivity contribution in [3.8, 4) is 0 Å². The number of quaternary nitrogens is 1. The van der Waals surface area contributed by atoms with Crippen LogP contribution in [-0.2, 0) is 9.53 Å². The number of hydrogen-bond acceptors (Lipinski definition) is 4. The van der Waals surface area contributed by atoms with Gasteiger partial charge in [-0.1, -0.05) is 52.9 Å². The minimum absolute atomic E-state index is 0.301. The zero-order chi connectivity index (χ0) is 23.8. The maximum Gasteiger partial charge on any atom is 0.407 e. The summed E-state index contributed by atoms with van der Waals surface area (Å²) in [6, 6.07) is 0. The van der Waals surface area contributed by atoms with E-state index in [4.69, 9.17) is 4.74 Å². The van der Waals surface area contributed by atoms with Gasteiger partial charge in [-0.2, -0.15) is 0 Å². The quantitative estimate of drug-likeness (QED) is 0.0842. The van der Waals surface area contributed by atoms with Gasteiger partial charge in [-0.15, -0.1) is 0 Å². The third-order valence-corrected chi connectivity index (χ3v) is 6.25. The molecule has 0 aliphatic rings. The van der Waals surface area contributed by atoms with Crippen LogP contribution < -0.4 is 5.32 Å². The number of unbranched alkanes of at least 4 members (excludes halogenated alkanes) is 9. The molecule has 0 heterocycles. The third kappa shape index (κ3) is 18.2. The monoisotopic (exact) mass is 454 g/mol. The topological polar surface area (TPSA) is 67.8 Å². The molecule has 0 aromatic carbocycles. The third-order valence-electron chi connectivity index (χ3n) is 6.25. The first kappa shape index (κ1) is 30.6. The number of rotatable bonds is 23. The van der Waals surface area contributed by atoms with E-state index in [1.165, 1.54) is 82.0 Å². The van der Waals surface area contributed by atoms with E-state index in [-0.39, 0.29) is 6.09 Å². The van der Waals surface area contributed by atoms with Gasteiger partial charge in [0.15, 0.2) is 0 Å². The first-order chi connectivity index (χ1) is 15.6. The number of nitrogens with zero attached hydrogens (tertiary/aromatic N) is 2. The van der Waals surface area contributed by atoms with Crippen LogP contribution in [0, 0.1) is 0 Å². The predicted molar refractivity (Wildman–Crippen MR) is 134 cm³/mol. The molecule has 1 amide bonds. The van der Waals surface area contributed by atoms with Gasteiger partial charge in [-0.25, -0.2) is 14.6 Å². The van der Waals surface area contributed by atoms with E-state index in [0.29, 0.717) is 19.7 Å². The van der Waals surface area contributed by atoms with Crippen molar-refractivity contribution >= 4 is 12.2 Å². The van der Waals surface area contributed by atoms with Gasteiger partial charge in [-0.3, -0.25) is 0 Å². The maximum atomic E-state index is 11.7. The smallest absolute Gasteiger partial charge is 0.407 e. The van der Waals surface area contributed by atoms with Crippen molar-refractivity contribution in [1.29, 1.82) is 0 Å². The second-order valence-corrected chi connectivity index (χ2v) is 9.16. The number of carbonyl (C=O) groups excluding carboxylic acids is 2. The molecule has 6 heteroatoms. The molecule has 1 N–H and O–H groups in total. The van der Waals surface area contributed by atoms with E-state index >= 15 is 0 Å². The number of nitrogens with one attached hydrogen (secondary N) is 1. The first-order valence-corrected chi connectivity index (χ1v) is 13.4. The Morgan fingerprint density at radius 2 is 1.28 bits per heavy atom. The number of amides is 1. The molecule has 6 nitrogen and oxygen atoms in total. The maximum absolute atomic E-state index is 11.7. The Labute approximate surface area is 198 Å². The Morgan fingerprint density at radius 3 is 1.88 bits per heavy atom. The SMILES string of the molecule is CCCC[N+](CCCC)(CCCC)CCCCCCOC(=O)NCCCCCCN=C=O. The predicted octanol–water partition coefficient (Wildman–Crippen LogP) is 6.39. The van der Waals surface area contributed by atoms with Gasteiger partial charge < -0.3 is 14.5 Å². The van der Waals surface area contributed by atoms with Gasteiger partial charge in [0.1, 0.15) is 0 Å². The summed E-state index contributed by atoms with van der Waals surface area (Å²) in [6.45, 7) is 13.9. The number of aliphatic imine (C=N–C) groups is 1. The van der Waals surface area contributed by atoms with E-state index in [0.717, 1.165) is 38.5 Å². The molecule has 0 saturated carbocycles. The molecule has 0 atom stereocenters. The van der Waals surface area contributed by atoms with E-state index in [1.54, 1.807) is 6.08 Å². The summed E-state index contributed by atoms with van der Waals surface area (Å²) in [5.41, 5.74) is 0. The van der Waals surface area contributed by atoms with Crippen LogP contribution in [0.1, 0.15) is 111 Å². The van der Waals surface area contributed by atoms with Crippen LogP contribution in [-0.4, -0.2) is 62.5 Å². The van der Waals surface area contributed by atoms with Crippen molar-refractivity contribution in [2.24, 2.45) is 4.99 Å². The highest BCUT2D eigenvalue weighted by Crippen LogP contribution is 2.17. The molecular formula is C26H52N3O3+. The zero-order valence-corrected chi connectivity index (χ0v) is 21.5. The molecule has 0 spiro atoms. The van der Waals surface area contributed by atoms with Gasteiger partial charge in [0.2, 0.25) is 6.08 Å². The lowest BCUT2D eigenvalue weighted by Gasteiger charge is -2.39. The van der Waals surface area contributed by atoms with E-state index in [1.807, 2.05) is 0 Å². The molecule has 0 saturated heterocycles. The van der Waals surface area contributed by atoms with Crippen LogP contribution >= 0.6 is 0 Å².